The van der Waals surface area contributed by atoms with E-state index in [9.17, 15) is 0 Å². The molecule has 2 N–H and O–H groups in total. The van der Waals surface area contributed by atoms with Crippen LogP contribution < -0.4 is 15.4 Å². The van der Waals surface area contributed by atoms with Crippen LogP contribution in [0.1, 0.15) is 18.9 Å². The van der Waals surface area contributed by atoms with Crippen LogP contribution >= 0.6 is 0 Å². The van der Waals surface area contributed by atoms with Gasteiger partial charge in [-0.1, -0.05) is 6.07 Å². The quantitative estimate of drug-likeness (QED) is 0.362. The third-order valence-corrected chi connectivity index (χ3v) is 2.95. The van der Waals surface area contributed by atoms with Gasteiger partial charge in [0, 0.05) is 45.7 Å². The molecule has 0 unspecified atom stereocenters. The van der Waals surface area contributed by atoms with Crippen LogP contribution in [0.3, 0.4) is 0 Å². The second-order valence-corrected chi connectivity index (χ2v) is 4.78. The third-order valence-electron chi connectivity index (χ3n) is 2.95. The SMILES string of the molecule is CCNC(=NCc1cccnc1OCCOC)NCCCOC. The van der Waals surface area contributed by atoms with Gasteiger partial charge >= 0.3 is 0 Å². The summed E-state index contributed by atoms with van der Waals surface area (Å²) in [5.74, 6) is 1.37. The average Bonchev–Trinajstić information content (AvgIpc) is 2.57. The number of hydrogen-bond acceptors (Lipinski definition) is 5. The van der Waals surface area contributed by atoms with Crippen molar-refractivity contribution in [1.82, 2.24) is 15.6 Å². The highest BCUT2D eigenvalue weighted by molar-refractivity contribution is 5.79. The van der Waals surface area contributed by atoms with Crippen LogP contribution in [0.4, 0.5) is 0 Å². The number of aromatic nitrogens is 1. The number of ether oxygens (including phenoxy) is 3. The molecule has 0 aliphatic heterocycles. The first-order chi connectivity index (χ1) is 11.3. The van der Waals surface area contributed by atoms with Crippen molar-refractivity contribution in [2.45, 2.75) is 19.9 Å². The van der Waals surface area contributed by atoms with Gasteiger partial charge in [0.2, 0.25) is 5.88 Å². The molecular weight excluding hydrogens is 296 g/mol. The molecule has 0 spiro atoms. The molecule has 1 aromatic heterocycles. The van der Waals surface area contributed by atoms with E-state index in [-0.39, 0.29) is 0 Å². The highest BCUT2D eigenvalue weighted by Gasteiger charge is 2.05. The fourth-order valence-electron chi connectivity index (χ4n) is 1.83. The van der Waals surface area contributed by atoms with Gasteiger partial charge in [0.15, 0.2) is 5.96 Å². The van der Waals surface area contributed by atoms with Crippen LogP contribution in [0.15, 0.2) is 23.3 Å². The Morgan fingerprint density at radius 3 is 2.74 bits per heavy atom. The Bertz CT molecular complexity index is 455. The fraction of sp³-hybridized carbons (Fsp3) is 0.625. The van der Waals surface area contributed by atoms with E-state index in [0.717, 1.165) is 37.6 Å². The first kappa shape index (κ1) is 19.2. The van der Waals surface area contributed by atoms with Gasteiger partial charge in [0.25, 0.3) is 0 Å². The molecule has 0 aliphatic rings. The number of nitrogens with zero attached hydrogens (tertiary/aromatic N) is 2. The van der Waals surface area contributed by atoms with Crippen LogP contribution in [0.2, 0.25) is 0 Å². The summed E-state index contributed by atoms with van der Waals surface area (Å²) in [6.45, 7) is 5.88. The van der Waals surface area contributed by atoms with Gasteiger partial charge in [-0.2, -0.15) is 0 Å². The summed E-state index contributed by atoms with van der Waals surface area (Å²) in [6, 6.07) is 3.85. The topological polar surface area (TPSA) is 77.0 Å². The zero-order chi connectivity index (χ0) is 16.8. The molecule has 0 radical (unpaired) electrons. The van der Waals surface area contributed by atoms with E-state index in [2.05, 4.69) is 20.6 Å². The van der Waals surface area contributed by atoms with Crippen LogP contribution in [-0.4, -0.2) is 58.1 Å². The van der Waals surface area contributed by atoms with E-state index in [1.165, 1.54) is 0 Å². The minimum atomic E-state index is 0.472. The van der Waals surface area contributed by atoms with E-state index in [0.29, 0.717) is 25.6 Å². The number of methoxy groups -OCH3 is 2. The smallest absolute Gasteiger partial charge is 0.218 e. The summed E-state index contributed by atoms with van der Waals surface area (Å²) >= 11 is 0. The number of rotatable bonds is 11. The normalized spacial score (nSPS) is 11.3. The predicted molar refractivity (Wildman–Crippen MR) is 90.9 cm³/mol. The van der Waals surface area contributed by atoms with Gasteiger partial charge in [0.1, 0.15) is 6.61 Å². The zero-order valence-electron chi connectivity index (χ0n) is 14.3. The third kappa shape index (κ3) is 8.37. The zero-order valence-corrected chi connectivity index (χ0v) is 14.3. The molecular formula is C16H28N4O3. The monoisotopic (exact) mass is 324 g/mol. The largest absolute Gasteiger partial charge is 0.475 e. The predicted octanol–water partition coefficient (Wildman–Crippen LogP) is 1.20. The fourth-order valence-corrected chi connectivity index (χ4v) is 1.83. The van der Waals surface area contributed by atoms with Gasteiger partial charge in [0.05, 0.1) is 13.2 Å². The Kier molecular flexibility index (Phi) is 10.6. The first-order valence-corrected chi connectivity index (χ1v) is 7.88. The number of pyridine rings is 1. The van der Waals surface area contributed by atoms with Crippen LogP contribution in [0.25, 0.3) is 0 Å². The van der Waals surface area contributed by atoms with Crippen molar-refractivity contribution < 1.29 is 14.2 Å². The molecule has 0 saturated heterocycles. The average molecular weight is 324 g/mol. The molecule has 1 rings (SSSR count). The summed E-state index contributed by atoms with van der Waals surface area (Å²) in [7, 11) is 3.34. The molecule has 0 atom stereocenters. The molecule has 0 aromatic carbocycles. The number of aliphatic imine (C=N–C) groups is 1. The second-order valence-electron chi connectivity index (χ2n) is 4.78. The minimum absolute atomic E-state index is 0.472. The Morgan fingerprint density at radius 2 is 2.00 bits per heavy atom. The Morgan fingerprint density at radius 1 is 1.17 bits per heavy atom. The minimum Gasteiger partial charge on any atom is -0.475 e. The van der Waals surface area contributed by atoms with Crippen molar-refractivity contribution in [1.29, 1.82) is 0 Å². The van der Waals surface area contributed by atoms with E-state index in [1.807, 2.05) is 19.1 Å². The van der Waals surface area contributed by atoms with Gasteiger partial charge in [-0.05, 0) is 19.4 Å². The molecule has 23 heavy (non-hydrogen) atoms. The Balaban J connectivity index is 2.59. The number of nitrogens with one attached hydrogen (secondary N) is 2. The molecule has 1 aromatic rings. The van der Waals surface area contributed by atoms with Crippen molar-refractivity contribution in [3.05, 3.63) is 23.9 Å². The van der Waals surface area contributed by atoms with Crippen molar-refractivity contribution in [3.63, 3.8) is 0 Å². The Hall–Kier alpha value is -1.86. The molecule has 7 nitrogen and oxygen atoms in total. The number of guanidine groups is 1. The highest BCUT2D eigenvalue weighted by atomic mass is 16.5. The van der Waals surface area contributed by atoms with Gasteiger partial charge < -0.3 is 24.8 Å². The van der Waals surface area contributed by atoms with Gasteiger partial charge in [-0.3, -0.25) is 0 Å². The molecule has 0 amide bonds. The maximum absolute atomic E-state index is 5.62. The van der Waals surface area contributed by atoms with Crippen LogP contribution in [-0.2, 0) is 16.0 Å². The second kappa shape index (κ2) is 12.7. The molecule has 1 heterocycles. The van der Waals surface area contributed by atoms with E-state index < -0.39 is 0 Å². The molecule has 130 valence electrons. The summed E-state index contributed by atoms with van der Waals surface area (Å²) in [4.78, 5) is 8.83. The van der Waals surface area contributed by atoms with Crippen LogP contribution in [0.5, 0.6) is 5.88 Å². The van der Waals surface area contributed by atoms with Crippen molar-refractivity contribution in [2.24, 2.45) is 4.99 Å². The Labute approximate surface area is 138 Å². The molecule has 0 aliphatic carbocycles. The maximum Gasteiger partial charge on any atom is 0.218 e. The molecule has 7 heteroatoms. The standard InChI is InChI=1S/C16H28N4O3/c1-4-17-16(19-9-6-10-21-2)20-13-14-7-5-8-18-15(14)23-12-11-22-3/h5,7-8H,4,6,9-13H2,1-3H3,(H2,17,19,20). The van der Waals surface area contributed by atoms with Gasteiger partial charge in [-0.15, -0.1) is 0 Å². The summed E-state index contributed by atoms with van der Waals surface area (Å²) < 4.78 is 15.6. The molecule has 0 bridgehead atoms. The number of hydrogen-bond donors (Lipinski definition) is 2. The summed E-state index contributed by atoms with van der Waals surface area (Å²) in [5, 5.41) is 6.49. The summed E-state index contributed by atoms with van der Waals surface area (Å²) in [5.41, 5.74) is 0.942. The van der Waals surface area contributed by atoms with Crippen molar-refractivity contribution >= 4 is 5.96 Å². The van der Waals surface area contributed by atoms with Crippen molar-refractivity contribution in [2.75, 3.05) is 47.1 Å². The first-order valence-electron chi connectivity index (χ1n) is 7.88. The van der Waals surface area contributed by atoms with E-state index >= 15 is 0 Å². The van der Waals surface area contributed by atoms with Crippen molar-refractivity contribution in [3.8, 4) is 5.88 Å². The van der Waals surface area contributed by atoms with Crippen LogP contribution in [0, 0.1) is 0 Å². The van der Waals surface area contributed by atoms with Gasteiger partial charge in [-0.25, -0.2) is 9.98 Å². The lowest BCUT2D eigenvalue weighted by atomic mass is 10.3. The molecule has 0 fully saturated rings. The lowest BCUT2D eigenvalue weighted by Gasteiger charge is -2.12. The lowest BCUT2D eigenvalue weighted by molar-refractivity contribution is 0.143. The highest BCUT2D eigenvalue weighted by Crippen LogP contribution is 2.15. The van der Waals surface area contributed by atoms with E-state index in [1.54, 1.807) is 20.4 Å². The van der Waals surface area contributed by atoms with E-state index in [4.69, 9.17) is 14.2 Å². The molecule has 0 saturated carbocycles. The lowest BCUT2D eigenvalue weighted by Crippen LogP contribution is -2.38. The summed E-state index contributed by atoms with van der Waals surface area (Å²) in [6.07, 6.45) is 2.64. The maximum atomic E-state index is 5.62.